The van der Waals surface area contributed by atoms with Crippen LogP contribution in [-0.2, 0) is 13.6 Å². The number of aryl methyl sites for hydroxylation is 1. The van der Waals surface area contributed by atoms with Crippen molar-refractivity contribution >= 4 is 17.2 Å². The minimum absolute atomic E-state index is 0.167. The molecule has 0 fully saturated rings. The Hall–Kier alpha value is -2.29. The van der Waals surface area contributed by atoms with Crippen LogP contribution in [0, 0.1) is 5.82 Å². The first-order valence-corrected chi connectivity index (χ1v) is 7.58. The van der Waals surface area contributed by atoms with Gasteiger partial charge in [-0.15, -0.1) is 10.2 Å². The van der Waals surface area contributed by atoms with Crippen LogP contribution >= 0.6 is 11.6 Å². The highest BCUT2D eigenvalue weighted by atomic mass is 35.5. The molecule has 0 aliphatic rings. The normalized spacial score (nSPS) is 12.7. The molecule has 3 rings (SSSR count). The molecule has 2 heterocycles. The summed E-state index contributed by atoms with van der Waals surface area (Å²) in [5.74, 6) is 0.0838. The van der Waals surface area contributed by atoms with Crippen LogP contribution in [0.5, 0.6) is 0 Å². The first kappa shape index (κ1) is 16.6. The van der Waals surface area contributed by atoms with Crippen molar-refractivity contribution in [2.45, 2.75) is 12.6 Å². The summed E-state index contributed by atoms with van der Waals surface area (Å²) in [5, 5.41) is 21.2. The van der Waals surface area contributed by atoms with E-state index in [0.29, 0.717) is 17.9 Å². The van der Waals surface area contributed by atoms with Gasteiger partial charge in [-0.3, -0.25) is 9.20 Å². The van der Waals surface area contributed by atoms with Gasteiger partial charge in [-0.2, -0.15) is 0 Å². The predicted octanol–water partition coefficient (Wildman–Crippen LogP) is 1.04. The Bertz CT molecular complexity index is 939. The van der Waals surface area contributed by atoms with Crippen LogP contribution in [0.15, 0.2) is 35.4 Å². The Balaban J connectivity index is 1.68. The molecule has 0 bridgehead atoms. The average Bonchev–Trinajstić information content (AvgIpc) is 2.94. The van der Waals surface area contributed by atoms with Crippen molar-refractivity contribution in [2.24, 2.45) is 7.05 Å². The zero-order valence-corrected chi connectivity index (χ0v) is 13.5. The van der Waals surface area contributed by atoms with E-state index in [1.54, 1.807) is 23.8 Å². The standard InChI is InChI=1S/C15H15ClFN5O2/c1-21-4-5-22-13(19-20-14(22)15(21)24)8-18-7-12(23)10-3-2-9(17)6-11(10)16/h2-6,12,18,23H,7-8H2,1H3. The third-order valence-corrected chi connectivity index (χ3v) is 3.99. The van der Waals surface area contributed by atoms with Gasteiger partial charge in [-0.25, -0.2) is 4.39 Å². The summed E-state index contributed by atoms with van der Waals surface area (Å²) in [6.45, 7) is 0.481. The van der Waals surface area contributed by atoms with E-state index in [9.17, 15) is 14.3 Å². The summed E-state index contributed by atoms with van der Waals surface area (Å²) in [4.78, 5) is 11.9. The molecule has 0 amide bonds. The van der Waals surface area contributed by atoms with Gasteiger partial charge in [0.2, 0.25) is 5.65 Å². The molecule has 0 aliphatic heterocycles. The van der Waals surface area contributed by atoms with Gasteiger partial charge >= 0.3 is 0 Å². The number of aliphatic hydroxyl groups excluding tert-OH is 1. The van der Waals surface area contributed by atoms with E-state index in [4.69, 9.17) is 11.6 Å². The van der Waals surface area contributed by atoms with Gasteiger partial charge in [0.25, 0.3) is 5.56 Å². The molecule has 9 heteroatoms. The van der Waals surface area contributed by atoms with Crippen LogP contribution in [0.2, 0.25) is 5.02 Å². The Morgan fingerprint density at radius 1 is 1.38 bits per heavy atom. The van der Waals surface area contributed by atoms with Gasteiger partial charge in [0.05, 0.1) is 12.6 Å². The second kappa shape index (κ2) is 6.68. The van der Waals surface area contributed by atoms with Crippen LogP contribution < -0.4 is 10.9 Å². The number of aliphatic hydroxyl groups is 1. The van der Waals surface area contributed by atoms with Crippen LogP contribution in [-0.4, -0.2) is 30.8 Å². The number of fused-ring (bicyclic) bond motifs is 1. The van der Waals surface area contributed by atoms with Crippen LogP contribution in [0.3, 0.4) is 0 Å². The second-order valence-corrected chi connectivity index (χ2v) is 5.74. The van der Waals surface area contributed by atoms with E-state index < -0.39 is 11.9 Å². The zero-order chi connectivity index (χ0) is 17.3. The van der Waals surface area contributed by atoms with Crippen LogP contribution in [0.1, 0.15) is 17.5 Å². The van der Waals surface area contributed by atoms with Crippen LogP contribution in [0.25, 0.3) is 5.65 Å². The molecule has 0 saturated carbocycles. The molecule has 0 aliphatic carbocycles. The zero-order valence-electron chi connectivity index (χ0n) is 12.8. The minimum Gasteiger partial charge on any atom is -0.387 e. The Kier molecular flexibility index (Phi) is 4.61. The Morgan fingerprint density at radius 3 is 2.92 bits per heavy atom. The fraction of sp³-hybridized carbons (Fsp3) is 0.267. The van der Waals surface area contributed by atoms with Gasteiger partial charge in [0.1, 0.15) is 5.82 Å². The lowest BCUT2D eigenvalue weighted by molar-refractivity contribution is 0.174. The summed E-state index contributed by atoms with van der Waals surface area (Å²) in [7, 11) is 1.64. The van der Waals surface area contributed by atoms with Crippen molar-refractivity contribution in [1.82, 2.24) is 24.5 Å². The maximum atomic E-state index is 13.0. The molecule has 0 spiro atoms. The molecule has 0 saturated heterocycles. The largest absolute Gasteiger partial charge is 0.387 e. The average molecular weight is 352 g/mol. The van der Waals surface area contributed by atoms with Gasteiger partial charge < -0.3 is 15.0 Å². The molecule has 2 N–H and O–H groups in total. The van der Waals surface area contributed by atoms with E-state index in [1.807, 2.05) is 0 Å². The quantitative estimate of drug-likeness (QED) is 0.717. The molecule has 7 nitrogen and oxygen atoms in total. The van der Waals surface area contributed by atoms with Gasteiger partial charge in [0, 0.05) is 36.6 Å². The molecule has 1 unspecified atom stereocenters. The fourth-order valence-corrected chi connectivity index (χ4v) is 2.63. The van der Waals surface area contributed by atoms with Crippen molar-refractivity contribution < 1.29 is 9.50 Å². The number of aromatic nitrogens is 4. The number of hydrogen-bond acceptors (Lipinski definition) is 5. The molecule has 3 aromatic rings. The van der Waals surface area contributed by atoms with E-state index in [1.165, 1.54) is 16.7 Å². The first-order valence-electron chi connectivity index (χ1n) is 7.20. The Morgan fingerprint density at radius 2 is 2.17 bits per heavy atom. The van der Waals surface area contributed by atoms with E-state index in [2.05, 4.69) is 15.5 Å². The molecule has 24 heavy (non-hydrogen) atoms. The van der Waals surface area contributed by atoms with Crippen molar-refractivity contribution in [3.63, 3.8) is 0 Å². The monoisotopic (exact) mass is 351 g/mol. The molecule has 126 valence electrons. The lowest BCUT2D eigenvalue weighted by atomic mass is 10.1. The Labute approximate surface area is 141 Å². The van der Waals surface area contributed by atoms with Crippen LogP contribution in [0.4, 0.5) is 4.39 Å². The molecule has 1 aromatic carbocycles. The van der Waals surface area contributed by atoms with E-state index in [0.717, 1.165) is 6.07 Å². The summed E-state index contributed by atoms with van der Waals surface area (Å²) >= 11 is 5.92. The summed E-state index contributed by atoms with van der Waals surface area (Å²) < 4.78 is 16.0. The van der Waals surface area contributed by atoms with Gasteiger partial charge in [-0.1, -0.05) is 17.7 Å². The maximum Gasteiger partial charge on any atom is 0.295 e. The minimum atomic E-state index is -0.898. The summed E-state index contributed by atoms with van der Waals surface area (Å²) in [5.41, 5.74) is 0.429. The molecular weight excluding hydrogens is 337 g/mol. The van der Waals surface area contributed by atoms with Crippen molar-refractivity contribution in [3.8, 4) is 0 Å². The third-order valence-electron chi connectivity index (χ3n) is 3.66. The summed E-state index contributed by atoms with van der Waals surface area (Å²) in [6.07, 6.45) is 2.42. The molecule has 2 aromatic heterocycles. The number of nitrogens with zero attached hydrogens (tertiary/aromatic N) is 4. The number of halogens is 2. The third kappa shape index (κ3) is 3.16. The fourth-order valence-electron chi connectivity index (χ4n) is 2.34. The van der Waals surface area contributed by atoms with E-state index in [-0.39, 0.29) is 22.8 Å². The lowest BCUT2D eigenvalue weighted by Crippen LogP contribution is -2.23. The lowest BCUT2D eigenvalue weighted by Gasteiger charge is -2.13. The SMILES string of the molecule is Cn1ccn2c(CNCC(O)c3ccc(F)cc3Cl)nnc2c1=O. The number of benzene rings is 1. The van der Waals surface area contributed by atoms with Gasteiger partial charge in [0.15, 0.2) is 5.82 Å². The predicted molar refractivity (Wildman–Crippen MR) is 86.3 cm³/mol. The smallest absolute Gasteiger partial charge is 0.295 e. The number of rotatable bonds is 5. The van der Waals surface area contributed by atoms with Crippen molar-refractivity contribution in [2.75, 3.05) is 6.54 Å². The molecular formula is C15H15ClFN5O2. The molecule has 1 atom stereocenters. The highest BCUT2D eigenvalue weighted by Crippen LogP contribution is 2.23. The highest BCUT2D eigenvalue weighted by Gasteiger charge is 2.13. The maximum absolute atomic E-state index is 13.0. The van der Waals surface area contributed by atoms with Crippen molar-refractivity contribution in [1.29, 1.82) is 0 Å². The highest BCUT2D eigenvalue weighted by molar-refractivity contribution is 6.31. The van der Waals surface area contributed by atoms with Gasteiger partial charge in [-0.05, 0) is 12.1 Å². The molecule has 0 radical (unpaired) electrons. The topological polar surface area (TPSA) is 84.4 Å². The first-order chi connectivity index (χ1) is 11.5. The van der Waals surface area contributed by atoms with E-state index >= 15 is 0 Å². The second-order valence-electron chi connectivity index (χ2n) is 5.34. The number of nitrogens with one attached hydrogen (secondary N) is 1. The number of hydrogen-bond donors (Lipinski definition) is 2. The summed E-state index contributed by atoms with van der Waals surface area (Å²) in [6, 6.07) is 3.84. The van der Waals surface area contributed by atoms with Crippen molar-refractivity contribution in [3.05, 3.63) is 63.2 Å².